The maximum absolute atomic E-state index is 5.81. The number of para-hydroxylation sites is 1. The van der Waals surface area contributed by atoms with Gasteiger partial charge in [-0.15, -0.1) is 0 Å². The average molecular weight is 244 g/mol. The standard InChI is InChI=1S/C17H24O/c1-5-9-15(4)18-17-11-8-7-10-16(17)13-12-14(3)6-2/h7-8,10-14H,4-6,9H2,1-3H3/b13-12+. The van der Waals surface area contributed by atoms with E-state index in [9.17, 15) is 0 Å². The van der Waals surface area contributed by atoms with Gasteiger partial charge >= 0.3 is 0 Å². The van der Waals surface area contributed by atoms with Crippen LogP contribution in [0.5, 0.6) is 5.75 Å². The molecule has 0 bridgehead atoms. The van der Waals surface area contributed by atoms with Crippen molar-refractivity contribution in [2.45, 2.75) is 40.0 Å². The van der Waals surface area contributed by atoms with Gasteiger partial charge in [-0.1, -0.05) is 64.1 Å². The van der Waals surface area contributed by atoms with Crippen molar-refractivity contribution in [3.63, 3.8) is 0 Å². The van der Waals surface area contributed by atoms with Gasteiger partial charge in [-0.25, -0.2) is 0 Å². The van der Waals surface area contributed by atoms with Gasteiger partial charge in [-0.3, -0.25) is 0 Å². The number of hydrogen-bond acceptors (Lipinski definition) is 1. The zero-order valence-electron chi connectivity index (χ0n) is 11.8. The number of benzene rings is 1. The third-order valence-corrected chi connectivity index (χ3v) is 2.95. The molecule has 0 aromatic heterocycles. The molecule has 1 aromatic rings. The molecule has 0 saturated carbocycles. The lowest BCUT2D eigenvalue weighted by Crippen LogP contribution is -1.95. The number of rotatable bonds is 7. The van der Waals surface area contributed by atoms with E-state index in [-0.39, 0.29) is 0 Å². The molecule has 0 radical (unpaired) electrons. The average Bonchev–Trinajstić information content (AvgIpc) is 2.37. The largest absolute Gasteiger partial charge is 0.462 e. The van der Waals surface area contributed by atoms with Gasteiger partial charge in [0, 0.05) is 12.0 Å². The van der Waals surface area contributed by atoms with Crippen LogP contribution >= 0.6 is 0 Å². The molecule has 1 unspecified atom stereocenters. The van der Waals surface area contributed by atoms with Crippen molar-refractivity contribution in [1.29, 1.82) is 0 Å². The van der Waals surface area contributed by atoms with Crippen molar-refractivity contribution >= 4 is 6.08 Å². The van der Waals surface area contributed by atoms with Crippen LogP contribution in [0, 0.1) is 5.92 Å². The molecule has 0 aliphatic heterocycles. The molecule has 0 amide bonds. The summed E-state index contributed by atoms with van der Waals surface area (Å²) in [6.45, 7) is 10.5. The summed E-state index contributed by atoms with van der Waals surface area (Å²) in [5.74, 6) is 2.33. The smallest absolute Gasteiger partial charge is 0.134 e. The summed E-state index contributed by atoms with van der Waals surface area (Å²) >= 11 is 0. The molecule has 98 valence electrons. The highest BCUT2D eigenvalue weighted by molar-refractivity contribution is 5.57. The van der Waals surface area contributed by atoms with Gasteiger partial charge in [0.25, 0.3) is 0 Å². The number of hydrogen-bond donors (Lipinski definition) is 0. The predicted molar refractivity (Wildman–Crippen MR) is 79.6 cm³/mol. The fraction of sp³-hybridized carbons (Fsp3) is 0.412. The van der Waals surface area contributed by atoms with E-state index in [1.807, 2.05) is 18.2 Å². The molecular weight excluding hydrogens is 220 g/mol. The van der Waals surface area contributed by atoms with Crippen LogP contribution in [0.15, 0.2) is 42.7 Å². The molecule has 0 spiro atoms. The zero-order valence-corrected chi connectivity index (χ0v) is 11.8. The van der Waals surface area contributed by atoms with E-state index in [0.29, 0.717) is 5.92 Å². The van der Waals surface area contributed by atoms with E-state index in [1.165, 1.54) is 0 Å². The fourth-order valence-electron chi connectivity index (χ4n) is 1.60. The molecule has 0 aliphatic rings. The van der Waals surface area contributed by atoms with Gasteiger partial charge in [0.05, 0.1) is 5.76 Å². The van der Waals surface area contributed by atoms with E-state index in [2.05, 4.69) is 45.6 Å². The molecule has 1 aromatic carbocycles. The summed E-state index contributed by atoms with van der Waals surface area (Å²) in [5.41, 5.74) is 1.12. The van der Waals surface area contributed by atoms with Crippen LogP contribution in [0.4, 0.5) is 0 Å². The first-order valence-corrected chi connectivity index (χ1v) is 6.80. The summed E-state index contributed by atoms with van der Waals surface area (Å²) in [6.07, 6.45) is 7.49. The zero-order chi connectivity index (χ0) is 13.4. The van der Waals surface area contributed by atoms with Gasteiger partial charge in [0.2, 0.25) is 0 Å². The second kappa shape index (κ2) is 7.75. The molecule has 0 saturated heterocycles. The van der Waals surface area contributed by atoms with Crippen LogP contribution in [0.3, 0.4) is 0 Å². The third-order valence-electron chi connectivity index (χ3n) is 2.95. The Morgan fingerprint density at radius 3 is 2.72 bits per heavy atom. The van der Waals surface area contributed by atoms with Crippen LogP contribution in [-0.2, 0) is 0 Å². The lowest BCUT2D eigenvalue weighted by molar-refractivity contribution is 0.403. The highest BCUT2D eigenvalue weighted by Gasteiger charge is 2.02. The summed E-state index contributed by atoms with van der Waals surface area (Å²) in [6, 6.07) is 8.10. The van der Waals surface area contributed by atoms with Crippen molar-refractivity contribution in [2.75, 3.05) is 0 Å². The molecule has 0 aliphatic carbocycles. The van der Waals surface area contributed by atoms with Crippen molar-refractivity contribution < 1.29 is 4.74 Å². The van der Waals surface area contributed by atoms with E-state index < -0.39 is 0 Å². The lowest BCUT2D eigenvalue weighted by Gasteiger charge is -2.10. The van der Waals surface area contributed by atoms with Crippen LogP contribution in [0.1, 0.15) is 45.6 Å². The van der Waals surface area contributed by atoms with Gasteiger partial charge in [-0.05, 0) is 18.4 Å². The Labute approximate surface area is 111 Å². The molecule has 1 nitrogen and oxygen atoms in total. The van der Waals surface area contributed by atoms with Crippen molar-refractivity contribution in [3.05, 3.63) is 48.2 Å². The van der Waals surface area contributed by atoms with Crippen molar-refractivity contribution in [1.82, 2.24) is 0 Å². The van der Waals surface area contributed by atoms with Crippen molar-refractivity contribution in [2.24, 2.45) is 5.92 Å². The minimum Gasteiger partial charge on any atom is -0.462 e. The Bertz CT molecular complexity index is 404. The maximum Gasteiger partial charge on any atom is 0.134 e. The first-order chi connectivity index (χ1) is 8.67. The quantitative estimate of drug-likeness (QED) is 0.580. The van der Waals surface area contributed by atoms with E-state index in [0.717, 1.165) is 36.3 Å². The van der Waals surface area contributed by atoms with Gasteiger partial charge < -0.3 is 4.74 Å². The highest BCUT2D eigenvalue weighted by atomic mass is 16.5. The third kappa shape index (κ3) is 4.79. The summed E-state index contributed by atoms with van der Waals surface area (Å²) in [4.78, 5) is 0. The molecule has 0 heterocycles. The SMILES string of the molecule is C=C(CCC)Oc1ccccc1/C=C/C(C)CC. The topological polar surface area (TPSA) is 9.23 Å². The first-order valence-electron chi connectivity index (χ1n) is 6.80. The van der Waals surface area contributed by atoms with Crippen LogP contribution in [-0.4, -0.2) is 0 Å². The van der Waals surface area contributed by atoms with E-state index >= 15 is 0 Å². The van der Waals surface area contributed by atoms with Gasteiger partial charge in [0.15, 0.2) is 0 Å². The Kier molecular flexibility index (Phi) is 6.27. The highest BCUT2D eigenvalue weighted by Crippen LogP contribution is 2.23. The Morgan fingerprint density at radius 2 is 2.06 bits per heavy atom. The molecule has 1 atom stereocenters. The first kappa shape index (κ1) is 14.6. The molecule has 0 fully saturated rings. The van der Waals surface area contributed by atoms with Crippen molar-refractivity contribution in [3.8, 4) is 5.75 Å². The van der Waals surface area contributed by atoms with Crippen LogP contribution < -0.4 is 4.74 Å². The molecular formula is C17H24O. The second-order valence-corrected chi connectivity index (χ2v) is 4.67. The normalized spacial score (nSPS) is 12.6. The van der Waals surface area contributed by atoms with E-state index in [1.54, 1.807) is 0 Å². The minimum atomic E-state index is 0.594. The predicted octanol–water partition coefficient (Wildman–Crippen LogP) is 5.44. The Hall–Kier alpha value is -1.50. The van der Waals surface area contributed by atoms with Crippen LogP contribution in [0.25, 0.3) is 6.08 Å². The minimum absolute atomic E-state index is 0.594. The Morgan fingerprint density at radius 1 is 1.33 bits per heavy atom. The lowest BCUT2D eigenvalue weighted by atomic mass is 10.1. The van der Waals surface area contributed by atoms with Gasteiger partial charge in [0.1, 0.15) is 5.75 Å². The summed E-state index contributed by atoms with van der Waals surface area (Å²) < 4.78 is 5.81. The summed E-state index contributed by atoms with van der Waals surface area (Å²) in [7, 11) is 0. The molecule has 18 heavy (non-hydrogen) atoms. The summed E-state index contributed by atoms with van der Waals surface area (Å²) in [5, 5.41) is 0. The molecule has 0 N–H and O–H groups in total. The second-order valence-electron chi connectivity index (χ2n) is 4.67. The number of allylic oxidation sites excluding steroid dienone is 2. The molecule has 1 heteroatoms. The van der Waals surface area contributed by atoms with Crippen LogP contribution in [0.2, 0.25) is 0 Å². The number of ether oxygens (including phenoxy) is 1. The fourth-order valence-corrected chi connectivity index (χ4v) is 1.60. The Balaban J connectivity index is 2.79. The molecule has 1 rings (SSSR count). The monoisotopic (exact) mass is 244 g/mol. The maximum atomic E-state index is 5.81. The van der Waals surface area contributed by atoms with Gasteiger partial charge in [-0.2, -0.15) is 0 Å². The van der Waals surface area contributed by atoms with E-state index in [4.69, 9.17) is 4.74 Å².